The van der Waals surface area contributed by atoms with Gasteiger partial charge in [0.15, 0.2) is 11.5 Å². The maximum atomic E-state index is 12.0. The summed E-state index contributed by atoms with van der Waals surface area (Å²) in [5, 5.41) is 5.70. The lowest BCUT2D eigenvalue weighted by Gasteiger charge is -1.91. The molecule has 0 atom stereocenters. The Hall–Kier alpha value is -2.20. The minimum absolute atomic E-state index is 0.101. The zero-order valence-corrected chi connectivity index (χ0v) is 10.2. The average molecular weight is 255 g/mol. The van der Waals surface area contributed by atoms with Gasteiger partial charge in [-0.25, -0.2) is 0 Å². The third-order valence-electron chi connectivity index (χ3n) is 2.55. The second kappa shape index (κ2) is 4.58. The summed E-state index contributed by atoms with van der Waals surface area (Å²) < 4.78 is 5.20. The predicted octanol–water partition coefficient (Wildman–Crippen LogP) is 3.63. The summed E-state index contributed by atoms with van der Waals surface area (Å²) in [7, 11) is 0. The third-order valence-corrected chi connectivity index (χ3v) is 3.41. The molecule has 0 aliphatic carbocycles. The quantitative estimate of drug-likeness (QED) is 0.671. The number of carbonyl (C=O) groups is 1. The number of thiophene rings is 1. The van der Waals surface area contributed by atoms with E-state index in [9.17, 15) is 4.79 Å². The monoisotopic (exact) mass is 255 g/mol. The van der Waals surface area contributed by atoms with E-state index < -0.39 is 0 Å². The molecule has 4 heteroatoms. The van der Waals surface area contributed by atoms with Crippen LogP contribution in [0.3, 0.4) is 0 Å². The van der Waals surface area contributed by atoms with Crippen LogP contribution < -0.4 is 0 Å². The third kappa shape index (κ3) is 1.98. The van der Waals surface area contributed by atoms with E-state index in [1.807, 2.05) is 41.8 Å². The van der Waals surface area contributed by atoms with E-state index in [1.165, 1.54) is 11.3 Å². The highest BCUT2D eigenvalue weighted by Gasteiger charge is 2.16. The minimum atomic E-state index is -0.101. The zero-order chi connectivity index (χ0) is 12.4. The van der Waals surface area contributed by atoms with Gasteiger partial charge in [-0.2, -0.15) is 0 Å². The van der Waals surface area contributed by atoms with Crippen LogP contribution in [0.15, 0.2) is 58.4 Å². The molecule has 0 amide bonds. The molecule has 0 spiro atoms. The Morgan fingerprint density at radius 1 is 1.11 bits per heavy atom. The molecule has 3 rings (SSSR count). The lowest BCUT2D eigenvalue weighted by atomic mass is 10.1. The molecule has 18 heavy (non-hydrogen) atoms. The first kappa shape index (κ1) is 10.9. The summed E-state index contributed by atoms with van der Waals surface area (Å²) in [5.74, 6) is 0.506. The fraction of sp³-hybridized carbons (Fsp3) is 0. The Kier molecular flexibility index (Phi) is 2.78. The molecule has 0 aliphatic rings. The van der Waals surface area contributed by atoms with Crippen molar-refractivity contribution in [1.29, 1.82) is 0 Å². The molecule has 0 unspecified atom stereocenters. The molecule has 2 aromatic heterocycles. The van der Waals surface area contributed by atoms with Gasteiger partial charge >= 0.3 is 0 Å². The Labute approximate surface area is 108 Å². The predicted molar refractivity (Wildman–Crippen MR) is 69.7 cm³/mol. The number of hydrogen-bond acceptors (Lipinski definition) is 4. The van der Waals surface area contributed by atoms with Gasteiger partial charge in [-0.1, -0.05) is 41.6 Å². The molecular formula is C14H9NO2S. The van der Waals surface area contributed by atoms with Gasteiger partial charge in [-0.05, 0) is 11.4 Å². The summed E-state index contributed by atoms with van der Waals surface area (Å²) in [6, 6.07) is 14.9. The van der Waals surface area contributed by atoms with E-state index >= 15 is 0 Å². The minimum Gasteiger partial charge on any atom is -0.356 e. The second-order valence-corrected chi connectivity index (χ2v) is 4.70. The van der Waals surface area contributed by atoms with Crippen molar-refractivity contribution in [2.75, 3.05) is 0 Å². The fourth-order valence-corrected chi connectivity index (χ4v) is 2.33. The Morgan fingerprint density at radius 2 is 1.94 bits per heavy atom. The highest BCUT2D eigenvalue weighted by Crippen LogP contribution is 2.22. The van der Waals surface area contributed by atoms with Crippen molar-refractivity contribution in [3.63, 3.8) is 0 Å². The van der Waals surface area contributed by atoms with Crippen molar-refractivity contribution in [1.82, 2.24) is 5.16 Å². The first-order valence-electron chi connectivity index (χ1n) is 5.45. The van der Waals surface area contributed by atoms with Crippen LogP contribution in [0.4, 0.5) is 0 Å². The molecule has 2 heterocycles. The molecule has 0 bridgehead atoms. The number of rotatable bonds is 3. The van der Waals surface area contributed by atoms with Crippen LogP contribution in [0, 0.1) is 0 Å². The first-order valence-corrected chi connectivity index (χ1v) is 6.33. The van der Waals surface area contributed by atoms with Crippen molar-refractivity contribution in [2.45, 2.75) is 0 Å². The Balaban J connectivity index is 1.93. The molecule has 3 nitrogen and oxygen atoms in total. The fourth-order valence-electron chi connectivity index (χ4n) is 1.65. The lowest BCUT2D eigenvalue weighted by molar-refractivity contribution is 0.103. The largest absolute Gasteiger partial charge is 0.356 e. The van der Waals surface area contributed by atoms with Crippen LogP contribution in [-0.4, -0.2) is 10.9 Å². The number of ketones is 1. The molecule has 3 aromatic rings. The number of nitrogens with zero attached hydrogens (tertiary/aromatic N) is 1. The van der Waals surface area contributed by atoms with Crippen LogP contribution in [0.1, 0.15) is 15.4 Å². The van der Waals surface area contributed by atoms with Gasteiger partial charge in [-0.15, -0.1) is 11.3 Å². The molecular weight excluding hydrogens is 246 g/mol. The van der Waals surface area contributed by atoms with Gasteiger partial charge in [0.2, 0.25) is 5.78 Å². The van der Waals surface area contributed by atoms with Gasteiger partial charge in [0.05, 0.1) is 4.88 Å². The second-order valence-electron chi connectivity index (χ2n) is 3.75. The van der Waals surface area contributed by atoms with Crippen molar-refractivity contribution >= 4 is 17.1 Å². The Bertz CT molecular complexity index is 656. The van der Waals surface area contributed by atoms with E-state index in [1.54, 1.807) is 12.1 Å². The van der Waals surface area contributed by atoms with Gasteiger partial charge in [0.25, 0.3) is 0 Å². The first-order chi connectivity index (χ1) is 8.84. The number of hydrogen-bond donors (Lipinski definition) is 0. The molecule has 88 valence electrons. The summed E-state index contributed by atoms with van der Waals surface area (Å²) in [6.45, 7) is 0. The molecule has 0 N–H and O–H groups in total. The highest BCUT2D eigenvalue weighted by molar-refractivity contribution is 7.12. The van der Waals surface area contributed by atoms with Crippen molar-refractivity contribution in [2.24, 2.45) is 0 Å². The number of aromatic nitrogens is 1. The van der Waals surface area contributed by atoms with E-state index in [2.05, 4.69) is 5.16 Å². The van der Waals surface area contributed by atoms with Crippen LogP contribution in [0.2, 0.25) is 0 Å². The summed E-state index contributed by atoms with van der Waals surface area (Å²) in [6.07, 6.45) is 0. The van der Waals surface area contributed by atoms with Gasteiger partial charge < -0.3 is 4.52 Å². The maximum Gasteiger partial charge on any atom is 0.224 e. The lowest BCUT2D eigenvalue weighted by Crippen LogP contribution is -1.97. The van der Waals surface area contributed by atoms with E-state index in [-0.39, 0.29) is 5.78 Å². The molecule has 0 radical (unpaired) electrons. The van der Waals surface area contributed by atoms with Crippen molar-refractivity contribution in [3.8, 4) is 11.3 Å². The molecule has 0 saturated heterocycles. The molecule has 0 fully saturated rings. The average Bonchev–Trinajstić information content (AvgIpc) is 3.10. The molecule has 0 saturated carbocycles. The van der Waals surface area contributed by atoms with Crippen LogP contribution in [0.25, 0.3) is 11.3 Å². The van der Waals surface area contributed by atoms with Crippen LogP contribution >= 0.6 is 11.3 Å². The smallest absolute Gasteiger partial charge is 0.224 e. The van der Waals surface area contributed by atoms with Gasteiger partial charge in [0, 0.05) is 11.6 Å². The van der Waals surface area contributed by atoms with Gasteiger partial charge in [0.1, 0.15) is 0 Å². The summed E-state index contributed by atoms with van der Waals surface area (Å²) in [4.78, 5) is 12.7. The summed E-state index contributed by atoms with van der Waals surface area (Å²) >= 11 is 1.40. The summed E-state index contributed by atoms with van der Waals surface area (Å²) in [5.41, 5.74) is 1.26. The number of benzene rings is 1. The van der Waals surface area contributed by atoms with E-state index in [0.29, 0.717) is 16.3 Å². The van der Waals surface area contributed by atoms with E-state index in [4.69, 9.17) is 4.52 Å². The molecule has 0 aliphatic heterocycles. The SMILES string of the molecule is O=C(c1cc(-c2ccccc2)on1)c1cccs1. The van der Waals surface area contributed by atoms with E-state index in [0.717, 1.165) is 5.56 Å². The standard InChI is InChI=1S/C14H9NO2S/c16-14(13-7-4-8-18-13)11-9-12(17-15-11)10-5-2-1-3-6-10/h1-9H. The highest BCUT2D eigenvalue weighted by atomic mass is 32.1. The number of carbonyl (C=O) groups excluding carboxylic acids is 1. The topological polar surface area (TPSA) is 43.1 Å². The van der Waals surface area contributed by atoms with Crippen molar-refractivity contribution in [3.05, 3.63) is 64.5 Å². The van der Waals surface area contributed by atoms with Crippen LogP contribution in [-0.2, 0) is 0 Å². The normalized spacial score (nSPS) is 10.4. The Morgan fingerprint density at radius 3 is 2.67 bits per heavy atom. The zero-order valence-electron chi connectivity index (χ0n) is 9.37. The van der Waals surface area contributed by atoms with Crippen LogP contribution in [0.5, 0.6) is 0 Å². The van der Waals surface area contributed by atoms with Crippen molar-refractivity contribution < 1.29 is 9.32 Å². The maximum absolute atomic E-state index is 12.0. The van der Waals surface area contributed by atoms with Gasteiger partial charge in [-0.3, -0.25) is 4.79 Å². The molecule has 1 aromatic carbocycles.